The highest BCUT2D eigenvalue weighted by Gasteiger charge is 2.18. The zero-order valence-corrected chi connectivity index (χ0v) is 9.94. The summed E-state index contributed by atoms with van der Waals surface area (Å²) in [5.74, 6) is 0. The Morgan fingerprint density at radius 1 is 1.50 bits per heavy atom. The number of rotatable bonds is 9. The van der Waals surface area contributed by atoms with Crippen LogP contribution in [0.15, 0.2) is 12.7 Å². The van der Waals surface area contributed by atoms with Crippen molar-refractivity contribution in [2.24, 2.45) is 5.41 Å². The Hall–Kier alpha value is -0.340. The Labute approximate surface area is 88.7 Å². The summed E-state index contributed by atoms with van der Waals surface area (Å²) in [6.07, 6.45) is 5.81. The number of nitrogens with one attached hydrogen (secondary N) is 1. The fourth-order valence-electron chi connectivity index (χ4n) is 1.39. The summed E-state index contributed by atoms with van der Waals surface area (Å²) in [7, 11) is 1.73. The summed E-state index contributed by atoms with van der Waals surface area (Å²) < 4.78 is 4.98. The lowest BCUT2D eigenvalue weighted by molar-refractivity contribution is 0.195. The van der Waals surface area contributed by atoms with Crippen LogP contribution in [0.1, 0.15) is 33.1 Å². The smallest absolute Gasteiger partial charge is 0.0587 e. The molecule has 0 bridgehead atoms. The van der Waals surface area contributed by atoms with Gasteiger partial charge in [0.25, 0.3) is 0 Å². The van der Waals surface area contributed by atoms with E-state index in [1.54, 1.807) is 7.11 Å². The summed E-state index contributed by atoms with van der Waals surface area (Å²) in [5.41, 5.74) is 0.240. The molecule has 0 saturated carbocycles. The third-order valence-corrected chi connectivity index (χ3v) is 2.61. The molecule has 0 heterocycles. The molecule has 1 N–H and O–H groups in total. The molecule has 0 aliphatic rings. The monoisotopic (exact) mass is 199 g/mol. The van der Waals surface area contributed by atoms with E-state index in [0.717, 1.165) is 19.7 Å². The van der Waals surface area contributed by atoms with Crippen LogP contribution >= 0.6 is 0 Å². The normalized spacial score (nSPS) is 15.1. The van der Waals surface area contributed by atoms with Gasteiger partial charge in [-0.25, -0.2) is 0 Å². The van der Waals surface area contributed by atoms with Gasteiger partial charge in [0.2, 0.25) is 0 Å². The van der Waals surface area contributed by atoms with E-state index in [1.165, 1.54) is 19.3 Å². The standard InChI is InChI=1S/C12H25NO/c1-5-7-8-12(3,6-2)11-13-9-10-14-4/h6,13H,2,5,7-11H2,1,3-4H3. The van der Waals surface area contributed by atoms with Crippen molar-refractivity contribution in [3.8, 4) is 0 Å². The number of unbranched alkanes of at least 4 members (excludes halogenated alkanes) is 1. The summed E-state index contributed by atoms with van der Waals surface area (Å²) in [4.78, 5) is 0. The van der Waals surface area contributed by atoms with E-state index in [0.29, 0.717) is 0 Å². The molecule has 2 nitrogen and oxygen atoms in total. The van der Waals surface area contributed by atoms with Gasteiger partial charge in [0.15, 0.2) is 0 Å². The lowest BCUT2D eigenvalue weighted by Gasteiger charge is -2.26. The number of hydrogen-bond acceptors (Lipinski definition) is 2. The van der Waals surface area contributed by atoms with Gasteiger partial charge in [-0.05, 0) is 11.8 Å². The molecule has 0 radical (unpaired) electrons. The first kappa shape index (κ1) is 13.7. The van der Waals surface area contributed by atoms with Crippen molar-refractivity contribution in [1.29, 1.82) is 0 Å². The summed E-state index contributed by atoms with van der Waals surface area (Å²) >= 11 is 0. The molecule has 1 unspecified atom stereocenters. The molecule has 0 spiro atoms. The first-order valence-electron chi connectivity index (χ1n) is 5.52. The Kier molecular flexibility index (Phi) is 7.81. The van der Waals surface area contributed by atoms with Gasteiger partial charge in [0.1, 0.15) is 0 Å². The van der Waals surface area contributed by atoms with Crippen molar-refractivity contribution in [2.75, 3.05) is 26.8 Å². The number of methoxy groups -OCH3 is 1. The fraction of sp³-hybridized carbons (Fsp3) is 0.833. The van der Waals surface area contributed by atoms with E-state index in [2.05, 4.69) is 31.8 Å². The molecule has 1 atom stereocenters. The first-order chi connectivity index (χ1) is 6.68. The van der Waals surface area contributed by atoms with Gasteiger partial charge in [-0.3, -0.25) is 0 Å². The van der Waals surface area contributed by atoms with Crippen molar-refractivity contribution in [1.82, 2.24) is 5.32 Å². The predicted octanol–water partition coefficient (Wildman–Crippen LogP) is 2.60. The van der Waals surface area contributed by atoms with Crippen LogP contribution < -0.4 is 5.32 Å². The van der Waals surface area contributed by atoms with Crippen LogP contribution in [-0.4, -0.2) is 26.8 Å². The second-order valence-electron chi connectivity index (χ2n) is 4.13. The third kappa shape index (κ3) is 6.17. The molecule has 0 amide bonds. The maximum absolute atomic E-state index is 4.98. The Morgan fingerprint density at radius 2 is 2.21 bits per heavy atom. The van der Waals surface area contributed by atoms with E-state index in [9.17, 15) is 0 Å². The first-order valence-corrected chi connectivity index (χ1v) is 5.52. The van der Waals surface area contributed by atoms with Crippen LogP contribution in [0.25, 0.3) is 0 Å². The second kappa shape index (κ2) is 8.01. The zero-order chi connectivity index (χ0) is 10.9. The Balaban J connectivity index is 3.68. The summed E-state index contributed by atoms with van der Waals surface area (Å²) in [5, 5.41) is 3.39. The summed E-state index contributed by atoms with van der Waals surface area (Å²) in [6.45, 7) is 11.1. The molecule has 0 aliphatic carbocycles. The lowest BCUT2D eigenvalue weighted by atomic mass is 9.85. The van der Waals surface area contributed by atoms with E-state index in [4.69, 9.17) is 4.74 Å². The molecular weight excluding hydrogens is 174 g/mol. The molecule has 2 heteroatoms. The minimum absolute atomic E-state index is 0.240. The maximum Gasteiger partial charge on any atom is 0.0587 e. The highest BCUT2D eigenvalue weighted by atomic mass is 16.5. The minimum atomic E-state index is 0.240. The average molecular weight is 199 g/mol. The van der Waals surface area contributed by atoms with E-state index in [1.807, 2.05) is 0 Å². The predicted molar refractivity (Wildman–Crippen MR) is 62.6 cm³/mol. The summed E-state index contributed by atoms with van der Waals surface area (Å²) in [6, 6.07) is 0. The topological polar surface area (TPSA) is 21.3 Å². The highest BCUT2D eigenvalue weighted by Crippen LogP contribution is 2.24. The SMILES string of the molecule is C=CC(C)(CCCC)CNCCOC. The van der Waals surface area contributed by atoms with Crippen LogP contribution in [0.4, 0.5) is 0 Å². The zero-order valence-electron chi connectivity index (χ0n) is 9.94. The minimum Gasteiger partial charge on any atom is -0.383 e. The van der Waals surface area contributed by atoms with Gasteiger partial charge in [-0.15, -0.1) is 6.58 Å². The van der Waals surface area contributed by atoms with Crippen molar-refractivity contribution in [2.45, 2.75) is 33.1 Å². The van der Waals surface area contributed by atoms with Crippen molar-refractivity contribution < 1.29 is 4.74 Å². The molecule has 0 rings (SSSR count). The Bertz CT molecular complexity index is 147. The van der Waals surface area contributed by atoms with Crippen LogP contribution in [0.2, 0.25) is 0 Å². The largest absolute Gasteiger partial charge is 0.383 e. The van der Waals surface area contributed by atoms with E-state index >= 15 is 0 Å². The lowest BCUT2D eigenvalue weighted by Crippen LogP contribution is -2.32. The molecule has 0 aromatic heterocycles. The molecule has 0 aliphatic heterocycles. The molecule has 0 aromatic rings. The van der Waals surface area contributed by atoms with Crippen LogP contribution in [-0.2, 0) is 4.74 Å². The fourth-order valence-corrected chi connectivity index (χ4v) is 1.39. The number of ether oxygens (including phenoxy) is 1. The van der Waals surface area contributed by atoms with Gasteiger partial charge < -0.3 is 10.1 Å². The third-order valence-electron chi connectivity index (χ3n) is 2.61. The van der Waals surface area contributed by atoms with Gasteiger partial charge in [-0.1, -0.05) is 32.8 Å². The molecule has 84 valence electrons. The molecule has 0 saturated heterocycles. The van der Waals surface area contributed by atoms with Crippen molar-refractivity contribution in [3.63, 3.8) is 0 Å². The van der Waals surface area contributed by atoms with Gasteiger partial charge in [-0.2, -0.15) is 0 Å². The number of hydrogen-bond donors (Lipinski definition) is 1. The van der Waals surface area contributed by atoms with Gasteiger partial charge >= 0.3 is 0 Å². The molecule has 0 aromatic carbocycles. The quantitative estimate of drug-likeness (QED) is 0.455. The van der Waals surface area contributed by atoms with Crippen molar-refractivity contribution >= 4 is 0 Å². The van der Waals surface area contributed by atoms with E-state index in [-0.39, 0.29) is 5.41 Å². The van der Waals surface area contributed by atoms with E-state index < -0.39 is 0 Å². The van der Waals surface area contributed by atoms with Crippen molar-refractivity contribution in [3.05, 3.63) is 12.7 Å². The maximum atomic E-state index is 4.98. The molecule has 14 heavy (non-hydrogen) atoms. The van der Waals surface area contributed by atoms with Gasteiger partial charge in [0.05, 0.1) is 6.61 Å². The van der Waals surface area contributed by atoms with Crippen LogP contribution in [0.5, 0.6) is 0 Å². The van der Waals surface area contributed by atoms with Gasteiger partial charge in [0, 0.05) is 20.2 Å². The average Bonchev–Trinajstić information content (AvgIpc) is 2.22. The van der Waals surface area contributed by atoms with Crippen LogP contribution in [0, 0.1) is 5.41 Å². The second-order valence-corrected chi connectivity index (χ2v) is 4.13. The molecular formula is C12H25NO. The molecule has 0 fully saturated rings. The Morgan fingerprint density at radius 3 is 2.71 bits per heavy atom. The van der Waals surface area contributed by atoms with Crippen LogP contribution in [0.3, 0.4) is 0 Å². The highest BCUT2D eigenvalue weighted by molar-refractivity contribution is 4.92.